The van der Waals surface area contributed by atoms with Crippen molar-refractivity contribution in [2.45, 2.75) is 6.92 Å². The van der Waals surface area contributed by atoms with Crippen molar-refractivity contribution in [1.29, 1.82) is 0 Å². The molecule has 1 aromatic heterocycles. The molecule has 78 valence electrons. The van der Waals surface area contributed by atoms with Gasteiger partial charge in [0.2, 0.25) is 0 Å². The lowest BCUT2D eigenvalue weighted by Crippen LogP contribution is -1.96. The van der Waals surface area contributed by atoms with Crippen molar-refractivity contribution in [1.82, 2.24) is 14.8 Å². The van der Waals surface area contributed by atoms with Crippen LogP contribution in [0.2, 0.25) is 5.02 Å². The Bertz CT molecular complexity index is 468. The minimum Gasteiger partial charge on any atom is -0.495 e. The second-order valence-corrected chi connectivity index (χ2v) is 3.55. The minimum atomic E-state index is 0.684. The monoisotopic (exact) mass is 223 g/mol. The highest BCUT2D eigenvalue weighted by molar-refractivity contribution is 6.31. The third kappa shape index (κ3) is 1.80. The Labute approximate surface area is 92.5 Å². The summed E-state index contributed by atoms with van der Waals surface area (Å²) >= 11 is 6.01. The van der Waals surface area contributed by atoms with Crippen LogP contribution in [0.1, 0.15) is 5.56 Å². The Kier molecular flexibility index (Phi) is 2.60. The number of halogens is 1. The van der Waals surface area contributed by atoms with Gasteiger partial charge in [-0.05, 0) is 18.6 Å². The van der Waals surface area contributed by atoms with Crippen molar-refractivity contribution in [3.8, 4) is 11.4 Å². The number of benzene rings is 1. The van der Waals surface area contributed by atoms with Gasteiger partial charge >= 0.3 is 0 Å². The van der Waals surface area contributed by atoms with Gasteiger partial charge in [0, 0.05) is 11.1 Å². The van der Waals surface area contributed by atoms with Crippen LogP contribution in [-0.2, 0) is 0 Å². The first kappa shape index (κ1) is 9.98. The largest absolute Gasteiger partial charge is 0.495 e. The predicted octanol–water partition coefficient (Wildman–Crippen LogP) is 2.24. The summed E-state index contributed by atoms with van der Waals surface area (Å²) in [4.78, 5) is 0. The van der Waals surface area contributed by atoms with Crippen LogP contribution in [0.25, 0.3) is 5.69 Å². The van der Waals surface area contributed by atoms with Crippen LogP contribution < -0.4 is 4.74 Å². The van der Waals surface area contributed by atoms with Crippen LogP contribution in [0.5, 0.6) is 5.75 Å². The van der Waals surface area contributed by atoms with E-state index in [1.54, 1.807) is 30.4 Å². The first-order valence-corrected chi connectivity index (χ1v) is 4.79. The van der Waals surface area contributed by atoms with Crippen molar-refractivity contribution in [3.63, 3.8) is 0 Å². The van der Waals surface area contributed by atoms with E-state index < -0.39 is 0 Å². The molecule has 0 saturated heterocycles. The summed E-state index contributed by atoms with van der Waals surface area (Å²) in [6.45, 7) is 1.94. The van der Waals surface area contributed by atoms with Gasteiger partial charge in [0.15, 0.2) is 0 Å². The van der Waals surface area contributed by atoms with Gasteiger partial charge < -0.3 is 4.74 Å². The van der Waals surface area contributed by atoms with Crippen LogP contribution >= 0.6 is 11.6 Å². The molecule has 0 fully saturated rings. The molecule has 0 bridgehead atoms. The molecule has 5 heteroatoms. The molecule has 1 aromatic carbocycles. The van der Waals surface area contributed by atoms with Crippen molar-refractivity contribution in [3.05, 3.63) is 35.4 Å². The van der Waals surface area contributed by atoms with E-state index in [9.17, 15) is 0 Å². The molecule has 0 amide bonds. The molecule has 0 N–H and O–H groups in total. The maximum Gasteiger partial charge on any atom is 0.144 e. The zero-order chi connectivity index (χ0) is 10.8. The summed E-state index contributed by atoms with van der Waals surface area (Å²) in [5.41, 5.74) is 1.87. The smallest absolute Gasteiger partial charge is 0.144 e. The van der Waals surface area contributed by atoms with Gasteiger partial charge in [0.1, 0.15) is 18.4 Å². The Hall–Kier alpha value is -1.55. The standard InChI is InChI=1S/C10H10ClN3O/c1-7-3-9(14-5-12-13-6-14)10(15-2)4-8(7)11/h3-6H,1-2H3. The van der Waals surface area contributed by atoms with E-state index in [0.29, 0.717) is 10.8 Å². The fourth-order valence-electron chi connectivity index (χ4n) is 1.34. The van der Waals surface area contributed by atoms with Crippen LogP contribution in [0.15, 0.2) is 24.8 Å². The van der Waals surface area contributed by atoms with E-state index in [1.807, 2.05) is 13.0 Å². The molecule has 0 radical (unpaired) electrons. The number of hydrogen-bond donors (Lipinski definition) is 0. The van der Waals surface area contributed by atoms with Crippen LogP contribution in [0.3, 0.4) is 0 Å². The molecule has 2 aromatic rings. The number of hydrogen-bond acceptors (Lipinski definition) is 3. The van der Waals surface area contributed by atoms with Crippen molar-refractivity contribution >= 4 is 11.6 Å². The van der Waals surface area contributed by atoms with E-state index in [0.717, 1.165) is 11.3 Å². The first-order chi connectivity index (χ1) is 7.22. The van der Waals surface area contributed by atoms with E-state index in [-0.39, 0.29) is 0 Å². The van der Waals surface area contributed by atoms with Crippen molar-refractivity contribution < 1.29 is 4.74 Å². The number of rotatable bonds is 2. The van der Waals surface area contributed by atoms with Gasteiger partial charge in [0.05, 0.1) is 12.8 Å². The highest BCUT2D eigenvalue weighted by atomic mass is 35.5. The molecule has 0 spiro atoms. The van der Waals surface area contributed by atoms with E-state index in [4.69, 9.17) is 16.3 Å². The lowest BCUT2D eigenvalue weighted by molar-refractivity contribution is 0.413. The van der Waals surface area contributed by atoms with Crippen LogP contribution in [-0.4, -0.2) is 21.9 Å². The second kappa shape index (κ2) is 3.90. The number of ether oxygens (including phenoxy) is 1. The third-order valence-electron chi connectivity index (χ3n) is 2.16. The maximum atomic E-state index is 6.01. The lowest BCUT2D eigenvalue weighted by Gasteiger charge is -2.10. The van der Waals surface area contributed by atoms with Crippen LogP contribution in [0, 0.1) is 6.92 Å². The summed E-state index contributed by atoms with van der Waals surface area (Å²) in [5.74, 6) is 0.699. The van der Waals surface area contributed by atoms with Crippen LogP contribution in [0.4, 0.5) is 0 Å². The summed E-state index contributed by atoms with van der Waals surface area (Å²) in [5, 5.41) is 8.18. The highest BCUT2D eigenvalue weighted by Gasteiger charge is 2.08. The lowest BCUT2D eigenvalue weighted by atomic mass is 10.2. The zero-order valence-corrected chi connectivity index (χ0v) is 9.19. The zero-order valence-electron chi connectivity index (χ0n) is 8.44. The van der Waals surface area contributed by atoms with Gasteiger partial charge in [0.25, 0.3) is 0 Å². The predicted molar refractivity (Wildman–Crippen MR) is 57.7 cm³/mol. The van der Waals surface area contributed by atoms with E-state index in [1.165, 1.54) is 0 Å². The Morgan fingerprint density at radius 2 is 1.93 bits per heavy atom. The van der Waals surface area contributed by atoms with Gasteiger partial charge in [-0.1, -0.05) is 11.6 Å². The fourth-order valence-corrected chi connectivity index (χ4v) is 1.49. The second-order valence-electron chi connectivity index (χ2n) is 3.14. The van der Waals surface area contributed by atoms with Gasteiger partial charge in [-0.25, -0.2) is 0 Å². The number of aromatic nitrogens is 3. The highest BCUT2D eigenvalue weighted by Crippen LogP contribution is 2.29. The number of methoxy groups -OCH3 is 1. The molecule has 0 unspecified atom stereocenters. The van der Waals surface area contributed by atoms with E-state index >= 15 is 0 Å². The molecule has 0 aliphatic rings. The molecular weight excluding hydrogens is 214 g/mol. The average Bonchev–Trinajstić information content (AvgIpc) is 2.74. The Morgan fingerprint density at radius 3 is 2.53 bits per heavy atom. The number of aryl methyl sites for hydroxylation is 1. The fraction of sp³-hybridized carbons (Fsp3) is 0.200. The summed E-state index contributed by atoms with van der Waals surface area (Å²) in [6.07, 6.45) is 3.23. The molecular formula is C10H10ClN3O. The summed E-state index contributed by atoms with van der Waals surface area (Å²) < 4.78 is 7.02. The Balaban J connectivity index is 2.60. The average molecular weight is 224 g/mol. The number of nitrogens with zero attached hydrogens (tertiary/aromatic N) is 3. The molecule has 0 aliphatic carbocycles. The van der Waals surface area contributed by atoms with Gasteiger partial charge in [-0.3, -0.25) is 4.57 Å². The molecule has 0 aliphatic heterocycles. The quantitative estimate of drug-likeness (QED) is 0.784. The molecule has 2 rings (SSSR count). The van der Waals surface area contributed by atoms with E-state index in [2.05, 4.69) is 10.2 Å². The normalized spacial score (nSPS) is 10.3. The molecule has 1 heterocycles. The minimum absolute atomic E-state index is 0.684. The van der Waals surface area contributed by atoms with Crippen molar-refractivity contribution in [2.75, 3.05) is 7.11 Å². The molecule has 0 atom stereocenters. The summed E-state index contributed by atoms with van der Waals surface area (Å²) in [6, 6.07) is 3.72. The third-order valence-corrected chi connectivity index (χ3v) is 2.56. The molecule has 0 saturated carbocycles. The maximum absolute atomic E-state index is 6.01. The molecule has 15 heavy (non-hydrogen) atoms. The Morgan fingerprint density at radius 1 is 1.27 bits per heavy atom. The van der Waals surface area contributed by atoms with Crippen molar-refractivity contribution in [2.24, 2.45) is 0 Å². The van der Waals surface area contributed by atoms with Gasteiger partial charge in [-0.15, -0.1) is 10.2 Å². The summed E-state index contributed by atoms with van der Waals surface area (Å²) in [7, 11) is 1.61. The topological polar surface area (TPSA) is 39.9 Å². The van der Waals surface area contributed by atoms with Gasteiger partial charge in [-0.2, -0.15) is 0 Å². The molecule has 4 nitrogen and oxygen atoms in total. The first-order valence-electron chi connectivity index (χ1n) is 4.41. The SMILES string of the molecule is COc1cc(Cl)c(C)cc1-n1cnnc1.